The van der Waals surface area contributed by atoms with E-state index in [1.807, 2.05) is 44.2 Å². The van der Waals surface area contributed by atoms with E-state index in [-0.39, 0.29) is 30.3 Å². The molecule has 6 nitrogen and oxygen atoms in total. The fourth-order valence-corrected chi connectivity index (χ4v) is 4.12. The Kier molecular flexibility index (Phi) is 5.93. The van der Waals surface area contributed by atoms with Gasteiger partial charge in [-0.25, -0.2) is 0 Å². The highest BCUT2D eigenvalue weighted by Gasteiger charge is 2.34. The van der Waals surface area contributed by atoms with Crippen molar-refractivity contribution in [2.45, 2.75) is 39.2 Å². The van der Waals surface area contributed by atoms with Crippen molar-refractivity contribution in [1.82, 2.24) is 4.90 Å². The van der Waals surface area contributed by atoms with Crippen molar-refractivity contribution in [3.05, 3.63) is 53.6 Å². The number of benzene rings is 2. The van der Waals surface area contributed by atoms with Crippen LogP contribution >= 0.6 is 0 Å². The van der Waals surface area contributed by atoms with Crippen molar-refractivity contribution in [2.75, 3.05) is 25.0 Å². The number of hydrogen-bond donors (Lipinski definition) is 1. The van der Waals surface area contributed by atoms with Gasteiger partial charge in [-0.3, -0.25) is 9.59 Å². The number of carbonyl (C=O) groups excluding carboxylic acids is 2. The number of nitrogens with zero attached hydrogens (tertiary/aromatic N) is 1. The summed E-state index contributed by atoms with van der Waals surface area (Å²) in [7, 11) is 0. The lowest BCUT2D eigenvalue weighted by molar-refractivity contribution is -0.128. The van der Waals surface area contributed by atoms with Crippen molar-refractivity contribution in [3.8, 4) is 11.5 Å². The van der Waals surface area contributed by atoms with Crippen LogP contribution in [0, 0.1) is 5.92 Å². The summed E-state index contributed by atoms with van der Waals surface area (Å²) in [6.07, 6.45) is 1.97. The molecule has 0 radical (unpaired) electrons. The lowest BCUT2D eigenvalue weighted by Gasteiger charge is -2.17. The average Bonchev–Trinajstić information content (AvgIpc) is 3.28. The molecular formula is C24H28N2O4. The number of ether oxygens (including phenoxy) is 2. The lowest BCUT2D eigenvalue weighted by atomic mass is 10.1. The number of anilines is 1. The van der Waals surface area contributed by atoms with E-state index in [0.29, 0.717) is 31.1 Å². The van der Waals surface area contributed by atoms with Crippen LogP contribution in [0.5, 0.6) is 11.5 Å². The molecule has 2 aromatic carbocycles. The highest BCUT2D eigenvalue weighted by atomic mass is 16.5. The Labute approximate surface area is 177 Å². The molecule has 2 atom stereocenters. The molecule has 0 aliphatic carbocycles. The summed E-state index contributed by atoms with van der Waals surface area (Å²) in [6, 6.07) is 13.9. The zero-order valence-electron chi connectivity index (χ0n) is 17.5. The smallest absolute Gasteiger partial charge is 0.229 e. The fraction of sp³-hybridized carbons (Fsp3) is 0.417. The molecule has 1 N–H and O–H groups in total. The molecule has 0 spiro atoms. The zero-order chi connectivity index (χ0) is 21.1. The molecule has 0 aromatic heterocycles. The van der Waals surface area contributed by atoms with Crippen molar-refractivity contribution < 1.29 is 19.1 Å². The van der Waals surface area contributed by atoms with Gasteiger partial charge < -0.3 is 19.7 Å². The molecule has 2 aliphatic heterocycles. The SMILES string of the molecule is CCOc1cc2c(cc1NC(=O)C1CC(=O)N(CCc3ccccc3)C1)OC(C)C2. The van der Waals surface area contributed by atoms with Gasteiger partial charge in [0.15, 0.2) is 0 Å². The summed E-state index contributed by atoms with van der Waals surface area (Å²) >= 11 is 0. The number of fused-ring (bicyclic) bond motifs is 1. The second kappa shape index (κ2) is 8.78. The van der Waals surface area contributed by atoms with Gasteiger partial charge in [0, 0.05) is 37.6 Å². The van der Waals surface area contributed by atoms with Gasteiger partial charge in [-0.05, 0) is 31.9 Å². The standard InChI is InChI=1S/C24H28N2O4/c1-3-29-22-12-18-11-16(2)30-21(18)14-20(22)25-24(28)19-13-23(27)26(15-19)10-9-17-7-5-4-6-8-17/h4-8,12,14,16,19H,3,9-11,13,15H2,1-2H3,(H,25,28). The normalized spacial score (nSPS) is 20.1. The molecule has 2 amide bonds. The van der Waals surface area contributed by atoms with Gasteiger partial charge in [0.05, 0.1) is 18.2 Å². The minimum Gasteiger partial charge on any atom is -0.492 e. The zero-order valence-corrected chi connectivity index (χ0v) is 17.5. The van der Waals surface area contributed by atoms with Gasteiger partial charge >= 0.3 is 0 Å². The van der Waals surface area contributed by atoms with Crippen LogP contribution in [0.2, 0.25) is 0 Å². The Bertz CT molecular complexity index is 928. The van der Waals surface area contributed by atoms with Gasteiger partial charge in [-0.1, -0.05) is 30.3 Å². The molecule has 4 rings (SSSR count). The summed E-state index contributed by atoms with van der Waals surface area (Å²) in [5.74, 6) is 0.941. The quantitative estimate of drug-likeness (QED) is 0.762. The van der Waals surface area contributed by atoms with E-state index >= 15 is 0 Å². The molecule has 6 heteroatoms. The first-order valence-electron chi connectivity index (χ1n) is 10.6. The van der Waals surface area contributed by atoms with Gasteiger partial charge in [0.2, 0.25) is 11.8 Å². The molecule has 2 aromatic rings. The lowest BCUT2D eigenvalue weighted by Crippen LogP contribution is -2.30. The summed E-state index contributed by atoms with van der Waals surface area (Å²) < 4.78 is 11.6. The molecule has 2 unspecified atom stereocenters. The van der Waals surface area contributed by atoms with E-state index in [2.05, 4.69) is 17.4 Å². The molecule has 30 heavy (non-hydrogen) atoms. The Morgan fingerprint density at radius 3 is 2.80 bits per heavy atom. The van der Waals surface area contributed by atoms with Crippen LogP contribution in [0.3, 0.4) is 0 Å². The molecule has 0 bridgehead atoms. The van der Waals surface area contributed by atoms with Gasteiger partial charge in [-0.2, -0.15) is 0 Å². The van der Waals surface area contributed by atoms with Gasteiger partial charge in [0.25, 0.3) is 0 Å². The maximum absolute atomic E-state index is 12.9. The minimum atomic E-state index is -0.365. The largest absolute Gasteiger partial charge is 0.492 e. The first-order valence-corrected chi connectivity index (χ1v) is 10.6. The maximum Gasteiger partial charge on any atom is 0.229 e. The van der Waals surface area contributed by atoms with E-state index in [1.165, 1.54) is 5.56 Å². The van der Waals surface area contributed by atoms with Gasteiger partial charge in [-0.15, -0.1) is 0 Å². The van der Waals surface area contributed by atoms with E-state index in [9.17, 15) is 9.59 Å². The summed E-state index contributed by atoms with van der Waals surface area (Å²) in [5.41, 5.74) is 2.88. The van der Waals surface area contributed by atoms with Crippen LogP contribution < -0.4 is 14.8 Å². The number of hydrogen-bond acceptors (Lipinski definition) is 4. The first-order chi connectivity index (χ1) is 14.5. The third kappa shape index (κ3) is 4.42. The number of carbonyl (C=O) groups is 2. The maximum atomic E-state index is 12.9. The molecule has 1 saturated heterocycles. The molecule has 2 aliphatic rings. The molecule has 158 valence electrons. The van der Waals surface area contributed by atoms with Crippen molar-refractivity contribution in [1.29, 1.82) is 0 Å². The molecular weight excluding hydrogens is 380 g/mol. The predicted octanol–water partition coefficient (Wildman–Crippen LogP) is 3.44. The van der Waals surface area contributed by atoms with Crippen molar-refractivity contribution >= 4 is 17.5 Å². The third-order valence-electron chi connectivity index (χ3n) is 5.65. The Morgan fingerprint density at radius 2 is 2.03 bits per heavy atom. The average molecular weight is 408 g/mol. The second-order valence-corrected chi connectivity index (χ2v) is 7.99. The number of rotatable bonds is 7. The Hall–Kier alpha value is -3.02. The Morgan fingerprint density at radius 1 is 1.23 bits per heavy atom. The van der Waals surface area contributed by atoms with E-state index in [0.717, 1.165) is 24.2 Å². The second-order valence-electron chi connectivity index (χ2n) is 7.99. The van der Waals surface area contributed by atoms with Crippen molar-refractivity contribution in [2.24, 2.45) is 5.92 Å². The van der Waals surface area contributed by atoms with Crippen LogP contribution in [-0.4, -0.2) is 42.5 Å². The van der Waals surface area contributed by atoms with E-state index in [1.54, 1.807) is 4.90 Å². The van der Waals surface area contributed by atoms with Crippen molar-refractivity contribution in [3.63, 3.8) is 0 Å². The van der Waals surface area contributed by atoms with Crippen LogP contribution in [0.1, 0.15) is 31.4 Å². The number of likely N-dealkylation sites (tertiary alicyclic amines) is 1. The summed E-state index contributed by atoms with van der Waals surface area (Å²) in [5, 5.41) is 2.97. The van der Waals surface area contributed by atoms with Crippen LogP contribution in [0.25, 0.3) is 0 Å². The third-order valence-corrected chi connectivity index (χ3v) is 5.65. The highest BCUT2D eigenvalue weighted by Crippen LogP contribution is 2.38. The topological polar surface area (TPSA) is 67.9 Å². The van der Waals surface area contributed by atoms with Crippen LogP contribution in [0.15, 0.2) is 42.5 Å². The molecule has 0 saturated carbocycles. The van der Waals surface area contributed by atoms with Crippen LogP contribution in [0.4, 0.5) is 5.69 Å². The number of nitrogens with one attached hydrogen (secondary N) is 1. The number of amides is 2. The van der Waals surface area contributed by atoms with Gasteiger partial charge in [0.1, 0.15) is 17.6 Å². The van der Waals surface area contributed by atoms with E-state index in [4.69, 9.17) is 9.47 Å². The van der Waals surface area contributed by atoms with Crippen LogP contribution in [-0.2, 0) is 22.4 Å². The Balaban J connectivity index is 1.40. The molecule has 1 fully saturated rings. The predicted molar refractivity (Wildman–Crippen MR) is 115 cm³/mol. The molecule has 2 heterocycles. The summed E-state index contributed by atoms with van der Waals surface area (Å²) in [4.78, 5) is 27.1. The highest BCUT2D eigenvalue weighted by molar-refractivity contribution is 5.98. The fourth-order valence-electron chi connectivity index (χ4n) is 4.12. The summed E-state index contributed by atoms with van der Waals surface area (Å²) in [6.45, 7) is 5.51. The first kappa shape index (κ1) is 20.3. The van der Waals surface area contributed by atoms with E-state index < -0.39 is 0 Å². The monoisotopic (exact) mass is 408 g/mol. The minimum absolute atomic E-state index is 0.0298.